The maximum Gasteiger partial charge on any atom is 0.389 e. The number of aliphatic imine (C=N–C) groups is 1. The van der Waals surface area contributed by atoms with Crippen molar-refractivity contribution in [1.29, 1.82) is 0 Å². The largest absolute Gasteiger partial charge is 0.494 e. The van der Waals surface area contributed by atoms with Crippen LogP contribution in [0.3, 0.4) is 0 Å². The summed E-state index contributed by atoms with van der Waals surface area (Å²) in [5.41, 5.74) is 11.0. The maximum atomic E-state index is 12.9. The fraction of sp³-hybridized carbons (Fsp3) is 0.200. The number of hydrogen-bond donors (Lipinski definition) is 3. The minimum atomic E-state index is -4.21. The number of halogens is 3. The number of hydrogen-bond acceptors (Lipinski definition) is 5. The third kappa shape index (κ3) is 7.73. The highest BCUT2D eigenvalue weighted by atomic mass is 19.4. The van der Waals surface area contributed by atoms with Crippen LogP contribution in [0.5, 0.6) is 5.75 Å². The van der Waals surface area contributed by atoms with Crippen molar-refractivity contribution in [3.05, 3.63) is 95.8 Å². The van der Waals surface area contributed by atoms with E-state index < -0.39 is 12.6 Å². The van der Waals surface area contributed by atoms with E-state index in [9.17, 15) is 18.0 Å². The number of nitrogens with two attached hydrogens (primary N) is 1. The predicted molar refractivity (Wildman–Crippen MR) is 151 cm³/mol. The molecule has 0 saturated carbocycles. The number of H-pyrrole nitrogens is 1. The van der Waals surface area contributed by atoms with Gasteiger partial charge in [0.15, 0.2) is 0 Å². The number of anilines is 1. The lowest BCUT2D eigenvalue weighted by atomic mass is 10.0. The molecule has 0 aliphatic carbocycles. The van der Waals surface area contributed by atoms with E-state index in [0.717, 1.165) is 27.7 Å². The van der Waals surface area contributed by atoms with Crippen LogP contribution < -0.4 is 15.8 Å². The van der Waals surface area contributed by atoms with Crippen LogP contribution in [0.1, 0.15) is 34.3 Å². The number of aromatic amines is 1. The number of carbonyl (C=O) groups is 1. The van der Waals surface area contributed by atoms with Crippen LogP contribution in [0.4, 0.5) is 24.5 Å². The molecule has 0 atom stereocenters. The number of alkyl halides is 3. The summed E-state index contributed by atoms with van der Waals surface area (Å²) in [6.07, 6.45) is -0.389. The lowest BCUT2D eigenvalue weighted by Gasteiger charge is -2.09. The van der Waals surface area contributed by atoms with E-state index >= 15 is 0 Å². The number of fused-ring (bicyclic) bond motifs is 1. The Kier molecular flexibility index (Phi) is 9.23. The second kappa shape index (κ2) is 13.0. The van der Waals surface area contributed by atoms with Crippen LogP contribution in [0.15, 0.2) is 84.1 Å². The van der Waals surface area contributed by atoms with Gasteiger partial charge in [0.25, 0.3) is 5.91 Å². The van der Waals surface area contributed by atoms with Crippen molar-refractivity contribution in [1.82, 2.24) is 4.98 Å². The Labute approximate surface area is 229 Å². The second-order valence-corrected chi connectivity index (χ2v) is 8.99. The third-order valence-corrected chi connectivity index (χ3v) is 6.01. The number of ether oxygens (including phenoxy) is 2. The van der Waals surface area contributed by atoms with Gasteiger partial charge >= 0.3 is 6.18 Å². The smallest absolute Gasteiger partial charge is 0.389 e. The molecule has 4 rings (SSSR count). The van der Waals surface area contributed by atoms with Crippen LogP contribution in [-0.2, 0) is 11.3 Å². The van der Waals surface area contributed by atoms with Crippen molar-refractivity contribution < 1.29 is 27.4 Å². The molecule has 0 unspecified atom stereocenters. The van der Waals surface area contributed by atoms with Crippen LogP contribution in [0.2, 0.25) is 0 Å². The second-order valence-electron chi connectivity index (χ2n) is 8.99. The van der Waals surface area contributed by atoms with Gasteiger partial charge in [-0.25, -0.2) is 0 Å². The minimum absolute atomic E-state index is 0.0626. The molecular formula is C30H29F3N4O3. The van der Waals surface area contributed by atoms with Crippen molar-refractivity contribution in [2.75, 3.05) is 19.0 Å². The molecule has 0 spiro atoms. The SMILES string of the molecule is COCc1cccc(N=C/C(=C\N)c2ccc3[nH]cc(NC(=O)c4ccc(OCCCC(F)(F)F)cc4)c3c2)c1. The molecule has 0 aliphatic rings. The Bertz CT molecular complexity index is 1510. The molecule has 4 aromatic rings. The van der Waals surface area contributed by atoms with Gasteiger partial charge in [-0.15, -0.1) is 0 Å². The number of rotatable bonds is 11. The van der Waals surface area contributed by atoms with Gasteiger partial charge in [-0.2, -0.15) is 13.2 Å². The monoisotopic (exact) mass is 550 g/mol. The molecule has 208 valence electrons. The molecular weight excluding hydrogens is 521 g/mol. The highest BCUT2D eigenvalue weighted by Crippen LogP contribution is 2.28. The zero-order valence-corrected chi connectivity index (χ0v) is 21.8. The first-order chi connectivity index (χ1) is 19.3. The minimum Gasteiger partial charge on any atom is -0.494 e. The quantitative estimate of drug-likeness (QED) is 0.138. The molecule has 0 radical (unpaired) electrons. The Morgan fingerprint density at radius 3 is 2.58 bits per heavy atom. The summed E-state index contributed by atoms with van der Waals surface area (Å²) in [4.78, 5) is 20.6. The first kappa shape index (κ1) is 28.4. The van der Waals surface area contributed by atoms with Crippen molar-refractivity contribution in [2.45, 2.75) is 25.6 Å². The zero-order valence-electron chi connectivity index (χ0n) is 21.8. The molecule has 1 heterocycles. The van der Waals surface area contributed by atoms with Gasteiger partial charge in [0, 0.05) is 54.2 Å². The molecule has 1 aromatic heterocycles. The highest BCUT2D eigenvalue weighted by Gasteiger charge is 2.26. The van der Waals surface area contributed by atoms with Gasteiger partial charge in [0.2, 0.25) is 0 Å². The van der Waals surface area contributed by atoms with Crippen LogP contribution in [0.25, 0.3) is 16.5 Å². The van der Waals surface area contributed by atoms with Crippen molar-refractivity contribution in [3.8, 4) is 5.75 Å². The Morgan fingerprint density at radius 1 is 1.07 bits per heavy atom. The van der Waals surface area contributed by atoms with Crippen molar-refractivity contribution in [3.63, 3.8) is 0 Å². The first-order valence-corrected chi connectivity index (χ1v) is 12.5. The summed E-state index contributed by atoms with van der Waals surface area (Å²) in [6, 6.07) is 19.6. The molecule has 1 amide bonds. The zero-order chi connectivity index (χ0) is 28.5. The standard InChI is InChI=1S/C30H29F3N4O3/c1-39-19-20-4-2-5-24(14-20)35-17-23(16-34)22-8-11-27-26(15-22)28(18-36-27)37-29(38)21-6-9-25(10-7-21)40-13-3-12-30(31,32)33/h2,4-11,14-18,36H,3,12-13,19,34H2,1H3,(H,37,38)/b23-16+,35-17?. The van der Waals surface area contributed by atoms with Gasteiger partial charge in [0.05, 0.1) is 24.6 Å². The molecule has 3 aromatic carbocycles. The van der Waals surface area contributed by atoms with E-state index in [4.69, 9.17) is 15.2 Å². The van der Waals surface area contributed by atoms with E-state index in [1.165, 1.54) is 6.20 Å². The molecule has 0 bridgehead atoms. The average molecular weight is 551 g/mol. The predicted octanol–water partition coefficient (Wildman–Crippen LogP) is 6.99. The molecule has 40 heavy (non-hydrogen) atoms. The Balaban J connectivity index is 1.44. The number of nitrogens with one attached hydrogen (secondary N) is 2. The molecule has 0 fully saturated rings. The van der Waals surface area contributed by atoms with Crippen LogP contribution in [-0.4, -0.2) is 37.0 Å². The van der Waals surface area contributed by atoms with E-state index in [-0.39, 0.29) is 18.9 Å². The molecule has 0 aliphatic heterocycles. The lowest BCUT2D eigenvalue weighted by molar-refractivity contribution is -0.136. The van der Waals surface area contributed by atoms with Crippen molar-refractivity contribution >= 4 is 40.0 Å². The normalized spacial score (nSPS) is 12.2. The van der Waals surface area contributed by atoms with Gasteiger partial charge < -0.3 is 25.5 Å². The Hall–Kier alpha value is -4.57. The topological polar surface area (TPSA) is 102 Å². The van der Waals surface area contributed by atoms with E-state index in [2.05, 4.69) is 15.3 Å². The highest BCUT2D eigenvalue weighted by molar-refractivity contribution is 6.13. The average Bonchev–Trinajstić information content (AvgIpc) is 3.33. The van der Waals surface area contributed by atoms with Crippen LogP contribution >= 0.6 is 0 Å². The lowest BCUT2D eigenvalue weighted by Crippen LogP contribution is -2.12. The fourth-order valence-corrected chi connectivity index (χ4v) is 4.01. The number of amides is 1. The van der Waals surface area contributed by atoms with Gasteiger partial charge in [-0.05, 0) is 66.1 Å². The van der Waals surface area contributed by atoms with Crippen LogP contribution in [0, 0.1) is 0 Å². The number of methoxy groups -OCH3 is 1. The number of aromatic nitrogens is 1. The molecule has 4 N–H and O–H groups in total. The van der Waals surface area contributed by atoms with Gasteiger partial charge in [0.1, 0.15) is 5.75 Å². The van der Waals surface area contributed by atoms with Gasteiger partial charge in [-0.3, -0.25) is 9.79 Å². The third-order valence-electron chi connectivity index (χ3n) is 6.01. The van der Waals surface area contributed by atoms with E-state index in [1.54, 1.807) is 43.8 Å². The maximum absolute atomic E-state index is 12.9. The summed E-state index contributed by atoms with van der Waals surface area (Å²) in [5, 5.41) is 3.68. The Morgan fingerprint density at radius 2 is 1.85 bits per heavy atom. The summed E-state index contributed by atoms with van der Waals surface area (Å²) in [7, 11) is 1.64. The summed E-state index contributed by atoms with van der Waals surface area (Å²) < 4.78 is 47.3. The fourth-order valence-electron chi connectivity index (χ4n) is 4.01. The number of benzene rings is 3. The summed E-state index contributed by atoms with van der Waals surface area (Å²) in [6.45, 7) is 0.428. The molecule has 0 saturated heterocycles. The van der Waals surface area contributed by atoms with E-state index in [0.29, 0.717) is 29.2 Å². The molecule has 7 nitrogen and oxygen atoms in total. The van der Waals surface area contributed by atoms with Crippen molar-refractivity contribution in [2.24, 2.45) is 10.7 Å². The number of carbonyl (C=O) groups excluding carboxylic acids is 1. The van der Waals surface area contributed by atoms with Gasteiger partial charge in [-0.1, -0.05) is 18.2 Å². The van der Waals surface area contributed by atoms with E-state index in [1.807, 2.05) is 42.5 Å². The summed E-state index contributed by atoms with van der Waals surface area (Å²) >= 11 is 0. The number of allylic oxidation sites excluding steroid dienone is 1. The number of nitrogens with zero attached hydrogens (tertiary/aromatic N) is 1. The first-order valence-electron chi connectivity index (χ1n) is 12.5. The summed E-state index contributed by atoms with van der Waals surface area (Å²) in [5.74, 6) is 0.0469. The molecule has 10 heteroatoms.